The first-order valence-electron chi connectivity index (χ1n) is 5.70. The topological polar surface area (TPSA) is 81.1 Å². The molecule has 0 atom stereocenters. The van der Waals surface area contributed by atoms with Crippen molar-refractivity contribution in [2.75, 3.05) is 11.1 Å². The summed E-state index contributed by atoms with van der Waals surface area (Å²) >= 11 is 6.08. The second-order valence-electron chi connectivity index (χ2n) is 4.26. The maximum atomic E-state index is 11.2. The van der Waals surface area contributed by atoms with Crippen molar-refractivity contribution in [3.05, 3.63) is 52.5 Å². The predicted molar refractivity (Wildman–Crippen MR) is 78.8 cm³/mol. The average molecular weight is 276 g/mol. The number of primary amides is 1. The quantitative estimate of drug-likeness (QED) is 0.753. The number of nitrogen functional groups attached to an aromatic ring is 1. The van der Waals surface area contributed by atoms with Crippen LogP contribution >= 0.6 is 11.6 Å². The molecular weight excluding hydrogens is 262 g/mol. The molecule has 0 aliphatic rings. The molecule has 0 aromatic heterocycles. The van der Waals surface area contributed by atoms with Crippen LogP contribution in [0.4, 0.5) is 17.1 Å². The van der Waals surface area contributed by atoms with Crippen LogP contribution in [0.25, 0.3) is 0 Å². The molecule has 0 unspecified atom stereocenters. The Balaban J connectivity index is 2.31. The Bertz CT molecular complexity index is 641. The second kappa shape index (κ2) is 5.20. The molecule has 4 nitrogen and oxygen atoms in total. The van der Waals surface area contributed by atoms with Gasteiger partial charge in [-0.2, -0.15) is 0 Å². The summed E-state index contributed by atoms with van der Waals surface area (Å²) in [4.78, 5) is 11.2. The highest BCUT2D eigenvalue weighted by molar-refractivity contribution is 6.33. The van der Waals surface area contributed by atoms with Gasteiger partial charge in [-0.3, -0.25) is 4.79 Å². The molecule has 2 aromatic carbocycles. The van der Waals surface area contributed by atoms with E-state index in [0.717, 1.165) is 11.3 Å². The first kappa shape index (κ1) is 13.2. The minimum absolute atomic E-state index is 0.439. The molecule has 0 saturated carbocycles. The molecule has 0 aliphatic carbocycles. The minimum Gasteiger partial charge on any atom is -0.399 e. The van der Waals surface area contributed by atoms with Gasteiger partial charge in [-0.15, -0.1) is 0 Å². The van der Waals surface area contributed by atoms with E-state index in [9.17, 15) is 4.79 Å². The van der Waals surface area contributed by atoms with Crippen LogP contribution in [0.1, 0.15) is 15.9 Å². The molecule has 5 N–H and O–H groups in total. The summed E-state index contributed by atoms with van der Waals surface area (Å²) in [6, 6.07) is 10.5. The van der Waals surface area contributed by atoms with Crippen molar-refractivity contribution in [2.24, 2.45) is 5.73 Å². The van der Waals surface area contributed by atoms with Crippen molar-refractivity contribution in [1.29, 1.82) is 0 Å². The lowest BCUT2D eigenvalue weighted by atomic mass is 10.1. The predicted octanol–water partition coefficient (Wildman–Crippen LogP) is 3.07. The van der Waals surface area contributed by atoms with Gasteiger partial charge in [0.15, 0.2) is 0 Å². The van der Waals surface area contributed by atoms with Gasteiger partial charge in [0, 0.05) is 16.9 Å². The Morgan fingerprint density at radius 1 is 1.21 bits per heavy atom. The van der Waals surface area contributed by atoms with E-state index in [1.807, 2.05) is 13.0 Å². The molecule has 0 fully saturated rings. The Kier molecular flexibility index (Phi) is 3.62. The Morgan fingerprint density at radius 2 is 1.95 bits per heavy atom. The van der Waals surface area contributed by atoms with Gasteiger partial charge >= 0.3 is 0 Å². The summed E-state index contributed by atoms with van der Waals surface area (Å²) in [6.45, 7) is 1.83. The zero-order valence-electron chi connectivity index (χ0n) is 10.4. The summed E-state index contributed by atoms with van der Waals surface area (Å²) in [5, 5.41) is 3.73. The molecule has 0 aliphatic heterocycles. The maximum absolute atomic E-state index is 11.2. The second-order valence-corrected chi connectivity index (χ2v) is 4.67. The number of carbonyl (C=O) groups excluding carboxylic acids is 1. The Labute approximate surface area is 116 Å². The molecule has 5 heteroatoms. The van der Waals surface area contributed by atoms with E-state index in [2.05, 4.69) is 5.32 Å². The smallest absolute Gasteiger partial charge is 0.248 e. The molecule has 0 heterocycles. The summed E-state index contributed by atoms with van der Waals surface area (Å²) in [5.74, 6) is -0.439. The molecule has 0 saturated heterocycles. The summed E-state index contributed by atoms with van der Waals surface area (Å²) in [7, 11) is 0. The number of nitrogens with one attached hydrogen (secondary N) is 1. The van der Waals surface area contributed by atoms with Crippen LogP contribution in [0.15, 0.2) is 36.4 Å². The molecule has 0 spiro atoms. The van der Waals surface area contributed by atoms with Crippen LogP contribution < -0.4 is 16.8 Å². The monoisotopic (exact) mass is 275 g/mol. The van der Waals surface area contributed by atoms with Gasteiger partial charge in [0.1, 0.15) is 0 Å². The Hall–Kier alpha value is -2.20. The summed E-state index contributed by atoms with van der Waals surface area (Å²) < 4.78 is 0. The van der Waals surface area contributed by atoms with Gasteiger partial charge < -0.3 is 16.8 Å². The number of amides is 1. The number of halogens is 1. The van der Waals surface area contributed by atoms with Gasteiger partial charge in [-0.05, 0) is 48.9 Å². The van der Waals surface area contributed by atoms with E-state index < -0.39 is 5.91 Å². The van der Waals surface area contributed by atoms with Gasteiger partial charge in [0.25, 0.3) is 0 Å². The highest BCUT2D eigenvalue weighted by Gasteiger charge is 2.06. The number of carbonyl (C=O) groups is 1. The van der Waals surface area contributed by atoms with Crippen molar-refractivity contribution in [1.82, 2.24) is 0 Å². The fourth-order valence-electron chi connectivity index (χ4n) is 1.81. The van der Waals surface area contributed by atoms with Crippen molar-refractivity contribution in [3.63, 3.8) is 0 Å². The van der Waals surface area contributed by atoms with E-state index in [1.165, 1.54) is 0 Å². The number of benzene rings is 2. The summed E-state index contributed by atoms with van der Waals surface area (Å²) in [6.07, 6.45) is 0. The van der Waals surface area contributed by atoms with Gasteiger partial charge in [0.2, 0.25) is 5.91 Å². The van der Waals surface area contributed by atoms with Crippen LogP contribution in [0, 0.1) is 6.92 Å². The third-order valence-electron chi connectivity index (χ3n) is 2.76. The van der Waals surface area contributed by atoms with Crippen LogP contribution in [0.5, 0.6) is 0 Å². The third-order valence-corrected chi connectivity index (χ3v) is 3.09. The van der Waals surface area contributed by atoms with Gasteiger partial charge in [-0.1, -0.05) is 11.6 Å². The van der Waals surface area contributed by atoms with Gasteiger partial charge in [0.05, 0.1) is 10.7 Å². The fraction of sp³-hybridized carbons (Fsp3) is 0.0714. The van der Waals surface area contributed by atoms with Gasteiger partial charge in [-0.25, -0.2) is 0 Å². The number of nitrogens with two attached hydrogens (primary N) is 2. The van der Waals surface area contributed by atoms with E-state index in [4.69, 9.17) is 23.1 Å². The van der Waals surface area contributed by atoms with Crippen molar-refractivity contribution in [2.45, 2.75) is 6.92 Å². The third kappa shape index (κ3) is 2.98. The first-order valence-corrected chi connectivity index (χ1v) is 6.07. The van der Waals surface area contributed by atoms with Crippen molar-refractivity contribution >= 4 is 34.6 Å². The number of hydrogen-bond donors (Lipinski definition) is 3. The molecule has 98 valence electrons. The van der Waals surface area contributed by atoms with Crippen LogP contribution in [0.2, 0.25) is 5.02 Å². The fourth-order valence-corrected chi connectivity index (χ4v) is 1.98. The molecular formula is C14H14ClN3O. The average Bonchev–Trinajstić information content (AvgIpc) is 2.33. The molecule has 2 aromatic rings. The van der Waals surface area contributed by atoms with Crippen molar-refractivity contribution in [3.8, 4) is 0 Å². The number of anilines is 3. The van der Waals surface area contributed by atoms with Crippen LogP contribution in [-0.4, -0.2) is 5.91 Å². The van der Waals surface area contributed by atoms with E-state index in [1.54, 1.807) is 30.3 Å². The lowest BCUT2D eigenvalue weighted by Gasteiger charge is -2.11. The zero-order valence-corrected chi connectivity index (χ0v) is 11.2. The highest BCUT2D eigenvalue weighted by Crippen LogP contribution is 2.28. The molecule has 0 bridgehead atoms. The lowest BCUT2D eigenvalue weighted by molar-refractivity contribution is 0.1000. The molecule has 1 amide bonds. The number of hydrogen-bond acceptors (Lipinski definition) is 3. The highest BCUT2D eigenvalue weighted by atomic mass is 35.5. The van der Waals surface area contributed by atoms with Crippen LogP contribution in [-0.2, 0) is 0 Å². The largest absolute Gasteiger partial charge is 0.399 e. The molecule has 0 radical (unpaired) electrons. The molecule has 19 heavy (non-hydrogen) atoms. The first-order chi connectivity index (χ1) is 8.97. The van der Waals surface area contributed by atoms with E-state index in [-0.39, 0.29) is 0 Å². The van der Waals surface area contributed by atoms with E-state index >= 15 is 0 Å². The SMILES string of the molecule is Cc1cc(Nc2cc(N)ccc2Cl)ccc1C(N)=O. The lowest BCUT2D eigenvalue weighted by Crippen LogP contribution is -2.12. The van der Waals surface area contributed by atoms with E-state index in [0.29, 0.717) is 22.0 Å². The minimum atomic E-state index is -0.439. The normalized spacial score (nSPS) is 10.2. The Morgan fingerprint density at radius 3 is 2.58 bits per heavy atom. The zero-order chi connectivity index (χ0) is 14.0. The van der Waals surface area contributed by atoms with Crippen molar-refractivity contribution < 1.29 is 4.79 Å². The standard InChI is InChI=1S/C14H14ClN3O/c1-8-6-10(3-4-11(8)14(17)19)18-13-7-9(16)2-5-12(13)15/h2-7,18H,16H2,1H3,(H2,17,19). The number of rotatable bonds is 3. The molecule has 2 rings (SSSR count). The maximum Gasteiger partial charge on any atom is 0.248 e. The van der Waals surface area contributed by atoms with Crippen LogP contribution in [0.3, 0.4) is 0 Å². The number of aryl methyl sites for hydroxylation is 1. The summed E-state index contributed by atoms with van der Waals surface area (Å²) in [5.41, 5.74) is 14.4.